The Morgan fingerprint density at radius 2 is 2.29 bits per heavy atom. The van der Waals surface area contributed by atoms with Gasteiger partial charge in [-0.25, -0.2) is 9.78 Å². The second-order valence-corrected chi connectivity index (χ2v) is 4.82. The maximum atomic E-state index is 11.3. The highest BCUT2D eigenvalue weighted by molar-refractivity contribution is 7.11. The first kappa shape index (κ1) is 13.9. The molecule has 1 heterocycles. The van der Waals surface area contributed by atoms with Gasteiger partial charge in [0.25, 0.3) is 0 Å². The summed E-state index contributed by atoms with van der Waals surface area (Å²) in [5.41, 5.74) is 0. The van der Waals surface area contributed by atoms with Crippen LogP contribution in [0.4, 0.5) is 4.79 Å². The number of alkyl halides is 1. The van der Waals surface area contributed by atoms with Gasteiger partial charge in [-0.05, 0) is 6.42 Å². The average Bonchev–Trinajstić information content (AvgIpc) is 2.74. The maximum Gasteiger partial charge on any atom is 0.321 e. The summed E-state index contributed by atoms with van der Waals surface area (Å²) in [6.07, 6.45) is 2.85. The standard InChI is InChI=1S/C10H14ClN3O2S/c1-2-7-5-12-9(17-7)6-13-10(16)14-8(15)3-4-11/h5H,2-4,6H2,1H3,(H2,13,14,15,16). The molecular weight excluding hydrogens is 262 g/mol. The van der Waals surface area contributed by atoms with Crippen LogP contribution in [0.5, 0.6) is 0 Å². The summed E-state index contributed by atoms with van der Waals surface area (Å²) in [6, 6.07) is -0.520. The lowest BCUT2D eigenvalue weighted by Gasteiger charge is -2.03. The van der Waals surface area contributed by atoms with Gasteiger partial charge in [0.15, 0.2) is 0 Å². The first-order chi connectivity index (χ1) is 8.15. The molecule has 0 saturated heterocycles. The smallest absolute Gasteiger partial charge is 0.321 e. The molecule has 5 nitrogen and oxygen atoms in total. The molecule has 0 bridgehead atoms. The van der Waals surface area contributed by atoms with E-state index in [9.17, 15) is 9.59 Å². The van der Waals surface area contributed by atoms with Crippen molar-refractivity contribution in [2.75, 3.05) is 5.88 Å². The van der Waals surface area contributed by atoms with Crippen LogP contribution in [0.2, 0.25) is 0 Å². The number of thiazole rings is 1. The summed E-state index contributed by atoms with van der Waals surface area (Å²) in [4.78, 5) is 27.6. The molecule has 0 fully saturated rings. The van der Waals surface area contributed by atoms with Crippen molar-refractivity contribution in [1.29, 1.82) is 0 Å². The van der Waals surface area contributed by atoms with Gasteiger partial charge >= 0.3 is 6.03 Å². The number of aromatic nitrogens is 1. The van der Waals surface area contributed by atoms with Crippen LogP contribution in [-0.4, -0.2) is 22.8 Å². The second kappa shape index (κ2) is 7.24. The molecule has 2 N–H and O–H groups in total. The summed E-state index contributed by atoms with van der Waals surface area (Å²) >= 11 is 6.91. The quantitative estimate of drug-likeness (QED) is 0.803. The topological polar surface area (TPSA) is 71.1 Å². The normalized spacial score (nSPS) is 10.0. The number of nitrogens with one attached hydrogen (secondary N) is 2. The fraction of sp³-hybridized carbons (Fsp3) is 0.500. The van der Waals surface area contributed by atoms with Crippen molar-refractivity contribution in [2.45, 2.75) is 26.3 Å². The van der Waals surface area contributed by atoms with Gasteiger partial charge in [0.05, 0.1) is 6.54 Å². The van der Waals surface area contributed by atoms with E-state index in [1.54, 1.807) is 17.5 Å². The summed E-state index contributed by atoms with van der Waals surface area (Å²) in [7, 11) is 0. The van der Waals surface area contributed by atoms with E-state index < -0.39 is 6.03 Å². The van der Waals surface area contributed by atoms with Crippen molar-refractivity contribution in [3.8, 4) is 0 Å². The molecule has 0 unspecified atom stereocenters. The van der Waals surface area contributed by atoms with Crippen molar-refractivity contribution in [1.82, 2.24) is 15.6 Å². The highest BCUT2D eigenvalue weighted by Gasteiger charge is 2.07. The SMILES string of the molecule is CCc1cnc(CNC(=O)NC(=O)CCCl)s1. The molecule has 94 valence electrons. The van der Waals surface area contributed by atoms with E-state index in [0.29, 0.717) is 6.54 Å². The van der Waals surface area contributed by atoms with E-state index in [1.165, 1.54) is 4.88 Å². The molecular formula is C10H14ClN3O2S. The number of nitrogens with zero attached hydrogens (tertiary/aromatic N) is 1. The molecule has 1 rings (SSSR count). The lowest BCUT2D eigenvalue weighted by Crippen LogP contribution is -2.39. The van der Waals surface area contributed by atoms with Crippen LogP contribution < -0.4 is 10.6 Å². The number of carbonyl (C=O) groups is 2. The number of aryl methyl sites for hydroxylation is 1. The predicted octanol–water partition coefficient (Wildman–Crippen LogP) is 1.66. The van der Waals surface area contributed by atoms with Crippen molar-refractivity contribution < 1.29 is 9.59 Å². The van der Waals surface area contributed by atoms with Crippen molar-refractivity contribution >= 4 is 34.9 Å². The molecule has 0 aliphatic carbocycles. The third-order valence-electron chi connectivity index (χ3n) is 1.92. The van der Waals surface area contributed by atoms with Crippen LogP contribution in [0.15, 0.2) is 6.20 Å². The fourth-order valence-corrected chi connectivity index (χ4v) is 2.04. The van der Waals surface area contributed by atoms with Gasteiger partial charge in [-0.2, -0.15) is 0 Å². The fourth-order valence-electron chi connectivity index (χ4n) is 1.07. The van der Waals surface area contributed by atoms with Gasteiger partial charge in [-0.1, -0.05) is 6.92 Å². The van der Waals surface area contributed by atoms with Crippen molar-refractivity contribution in [2.24, 2.45) is 0 Å². The summed E-state index contributed by atoms with van der Waals surface area (Å²) in [5, 5.41) is 5.56. The summed E-state index contributed by atoms with van der Waals surface area (Å²) in [5.74, 6) is -0.184. The van der Waals surface area contributed by atoms with Crippen molar-refractivity contribution in [3.63, 3.8) is 0 Å². The Morgan fingerprint density at radius 3 is 2.88 bits per heavy atom. The molecule has 0 aromatic carbocycles. The lowest BCUT2D eigenvalue weighted by molar-refractivity contribution is -0.119. The van der Waals surface area contributed by atoms with Crippen LogP contribution in [0.1, 0.15) is 23.2 Å². The molecule has 0 spiro atoms. The Kier molecular flexibility index (Phi) is 5.93. The molecule has 0 aliphatic heterocycles. The lowest BCUT2D eigenvalue weighted by atomic mass is 10.4. The summed E-state index contributed by atoms with van der Waals surface area (Å²) in [6.45, 7) is 2.37. The molecule has 7 heteroatoms. The minimum absolute atomic E-state index is 0.131. The van der Waals surface area contributed by atoms with E-state index in [1.807, 2.05) is 6.92 Å². The number of urea groups is 1. The number of amides is 3. The largest absolute Gasteiger partial charge is 0.331 e. The van der Waals surface area contributed by atoms with Gasteiger partial charge in [0.1, 0.15) is 5.01 Å². The first-order valence-corrected chi connectivity index (χ1v) is 6.58. The van der Waals surface area contributed by atoms with Crippen LogP contribution in [0.3, 0.4) is 0 Å². The van der Waals surface area contributed by atoms with E-state index in [0.717, 1.165) is 11.4 Å². The minimum Gasteiger partial charge on any atom is -0.331 e. The molecule has 0 saturated carbocycles. The number of imide groups is 1. The Morgan fingerprint density at radius 1 is 1.53 bits per heavy atom. The zero-order valence-corrected chi connectivity index (χ0v) is 11.0. The molecule has 0 radical (unpaired) electrons. The number of rotatable bonds is 5. The van der Waals surface area contributed by atoms with Crippen LogP contribution in [0.25, 0.3) is 0 Å². The van der Waals surface area contributed by atoms with E-state index in [-0.39, 0.29) is 18.2 Å². The molecule has 1 aromatic heterocycles. The zero-order valence-electron chi connectivity index (χ0n) is 9.46. The van der Waals surface area contributed by atoms with Gasteiger partial charge in [0.2, 0.25) is 5.91 Å². The first-order valence-electron chi connectivity index (χ1n) is 5.23. The Bertz CT molecular complexity index is 395. The zero-order chi connectivity index (χ0) is 12.7. The monoisotopic (exact) mass is 275 g/mol. The van der Waals surface area contributed by atoms with E-state index in [2.05, 4.69) is 15.6 Å². The van der Waals surface area contributed by atoms with Crippen molar-refractivity contribution in [3.05, 3.63) is 16.1 Å². The van der Waals surface area contributed by atoms with Crippen LogP contribution in [-0.2, 0) is 17.8 Å². The average molecular weight is 276 g/mol. The predicted molar refractivity (Wildman–Crippen MR) is 67.2 cm³/mol. The van der Waals surface area contributed by atoms with Gasteiger partial charge in [-0.3, -0.25) is 10.1 Å². The number of carbonyl (C=O) groups excluding carboxylic acids is 2. The van der Waals surface area contributed by atoms with E-state index >= 15 is 0 Å². The highest BCUT2D eigenvalue weighted by Crippen LogP contribution is 2.12. The Hall–Kier alpha value is -1.14. The third-order valence-corrected chi connectivity index (χ3v) is 3.26. The second-order valence-electron chi connectivity index (χ2n) is 3.24. The summed E-state index contributed by atoms with van der Waals surface area (Å²) < 4.78 is 0. The third kappa shape index (κ3) is 5.14. The van der Waals surface area contributed by atoms with Crippen LogP contribution in [0, 0.1) is 0 Å². The van der Waals surface area contributed by atoms with Gasteiger partial charge < -0.3 is 5.32 Å². The van der Waals surface area contributed by atoms with E-state index in [4.69, 9.17) is 11.6 Å². The molecule has 1 aromatic rings. The van der Waals surface area contributed by atoms with Gasteiger partial charge in [0, 0.05) is 23.4 Å². The minimum atomic E-state index is -0.520. The highest BCUT2D eigenvalue weighted by atomic mass is 35.5. The molecule has 3 amide bonds. The van der Waals surface area contributed by atoms with Gasteiger partial charge in [-0.15, -0.1) is 22.9 Å². The Labute approximate surface area is 109 Å². The maximum absolute atomic E-state index is 11.3. The number of halogens is 1. The molecule has 0 atom stereocenters. The van der Waals surface area contributed by atoms with Crippen LogP contribution >= 0.6 is 22.9 Å². The number of hydrogen-bond acceptors (Lipinski definition) is 4. The molecule has 0 aliphatic rings. The Balaban J connectivity index is 2.30. The molecule has 17 heavy (non-hydrogen) atoms. The number of hydrogen-bond donors (Lipinski definition) is 2.